The predicted octanol–water partition coefficient (Wildman–Crippen LogP) is 8.85. The zero-order valence-corrected chi connectivity index (χ0v) is 21.5. The number of rotatable bonds is 11. The number of carbonyl (C=O) groups is 2. The molecule has 0 amide bonds. The zero-order valence-electron chi connectivity index (χ0n) is 21.5. The molecule has 0 aliphatic heterocycles. The van der Waals surface area contributed by atoms with Crippen LogP contribution in [0, 0.1) is 11.8 Å². The highest BCUT2D eigenvalue weighted by atomic mass is 16.1. The summed E-state index contributed by atoms with van der Waals surface area (Å²) in [4.78, 5) is 25.6. The monoisotopic (exact) mass is 446 g/mol. The fourth-order valence-corrected chi connectivity index (χ4v) is 4.39. The molecule has 2 atom stereocenters. The van der Waals surface area contributed by atoms with E-state index in [1.165, 1.54) is 22.3 Å². The number of fused-ring (bicyclic) bond motifs is 1. The predicted molar refractivity (Wildman–Crippen MR) is 141 cm³/mol. The Kier molecular flexibility index (Phi) is 10.8. The third-order valence-corrected chi connectivity index (χ3v) is 6.69. The highest BCUT2D eigenvalue weighted by molar-refractivity contribution is 6.15. The second kappa shape index (κ2) is 13.3. The van der Waals surface area contributed by atoms with Gasteiger partial charge in [0.15, 0.2) is 11.6 Å². The Morgan fingerprint density at radius 3 is 1.67 bits per heavy atom. The van der Waals surface area contributed by atoms with Gasteiger partial charge in [0, 0.05) is 23.0 Å². The van der Waals surface area contributed by atoms with Crippen LogP contribution in [0.4, 0.5) is 0 Å². The number of hydrogen-bond acceptors (Lipinski definition) is 2. The number of Topliss-reactive ketones (excluding diaryl/α,β-unsaturated/α-hetero) is 2. The average Bonchev–Trinajstić information content (AvgIpc) is 2.77. The van der Waals surface area contributed by atoms with Crippen LogP contribution in [-0.2, 0) is 0 Å². The summed E-state index contributed by atoms with van der Waals surface area (Å²) < 4.78 is 0. The Labute approximate surface area is 201 Å². The van der Waals surface area contributed by atoms with Crippen molar-refractivity contribution in [2.45, 2.75) is 86.5 Å². The number of ketones is 2. The Balaban J connectivity index is 1.80. The maximum atomic E-state index is 12.9. The quantitative estimate of drug-likeness (QED) is 0.318. The summed E-state index contributed by atoms with van der Waals surface area (Å²) in [6, 6.07) is 7.24. The third-order valence-electron chi connectivity index (χ3n) is 6.69. The zero-order chi connectivity index (χ0) is 24.4. The molecule has 2 rings (SSSR count). The van der Waals surface area contributed by atoms with Gasteiger partial charge >= 0.3 is 0 Å². The molecule has 178 valence electrons. The van der Waals surface area contributed by atoms with Crippen molar-refractivity contribution in [3.8, 4) is 0 Å². The van der Waals surface area contributed by atoms with E-state index in [1.807, 2.05) is 19.1 Å². The van der Waals surface area contributed by atoms with Crippen LogP contribution in [-0.4, -0.2) is 11.6 Å². The first kappa shape index (κ1) is 26.8. The Morgan fingerprint density at radius 1 is 0.697 bits per heavy atom. The lowest BCUT2D eigenvalue weighted by atomic mass is 9.73. The summed E-state index contributed by atoms with van der Waals surface area (Å²) in [5, 5.41) is 0. The van der Waals surface area contributed by atoms with E-state index >= 15 is 0 Å². The van der Waals surface area contributed by atoms with Crippen molar-refractivity contribution in [3.63, 3.8) is 0 Å². The van der Waals surface area contributed by atoms with Crippen molar-refractivity contribution in [1.82, 2.24) is 0 Å². The second-order valence-electron chi connectivity index (χ2n) is 9.95. The molecule has 0 spiro atoms. The van der Waals surface area contributed by atoms with Crippen molar-refractivity contribution in [3.05, 3.63) is 82.0 Å². The van der Waals surface area contributed by atoms with Crippen LogP contribution in [0.5, 0.6) is 0 Å². The molecule has 0 bridgehead atoms. The van der Waals surface area contributed by atoms with Crippen molar-refractivity contribution in [2.75, 3.05) is 0 Å². The Morgan fingerprint density at radius 2 is 1.15 bits per heavy atom. The maximum Gasteiger partial charge on any atom is 0.167 e. The molecule has 0 saturated heterocycles. The van der Waals surface area contributed by atoms with Crippen molar-refractivity contribution in [2.24, 2.45) is 11.8 Å². The van der Waals surface area contributed by atoms with Gasteiger partial charge < -0.3 is 0 Å². The molecule has 2 heteroatoms. The van der Waals surface area contributed by atoms with Gasteiger partial charge in [-0.15, -0.1) is 0 Å². The van der Waals surface area contributed by atoms with E-state index in [4.69, 9.17) is 0 Å². The molecule has 1 aliphatic carbocycles. The molecule has 0 N–H and O–H groups in total. The normalized spacial score (nSPS) is 19.5. The first-order valence-electron chi connectivity index (χ1n) is 12.5. The molecule has 1 aromatic carbocycles. The fraction of sp³-hybridized carbons (Fsp3) is 0.484. The van der Waals surface area contributed by atoms with Crippen molar-refractivity contribution < 1.29 is 9.59 Å². The number of hydrogen-bond donors (Lipinski definition) is 0. The SMILES string of the molecule is CC(C)=CCC/C(C)=C/CC/C(C)=C/CC/C(C)=C/CC1C(=O)c2ccccc2C(=O)C1C. The van der Waals surface area contributed by atoms with Crippen molar-refractivity contribution >= 4 is 11.6 Å². The van der Waals surface area contributed by atoms with E-state index in [1.54, 1.807) is 12.1 Å². The van der Waals surface area contributed by atoms with Crippen LogP contribution in [0.25, 0.3) is 0 Å². The molecule has 0 saturated carbocycles. The van der Waals surface area contributed by atoms with Gasteiger partial charge in [0.05, 0.1) is 0 Å². The van der Waals surface area contributed by atoms with Gasteiger partial charge in [0.1, 0.15) is 0 Å². The minimum absolute atomic E-state index is 0.0982. The third kappa shape index (κ3) is 8.42. The minimum atomic E-state index is -0.253. The lowest BCUT2D eigenvalue weighted by molar-refractivity contribution is 0.0750. The average molecular weight is 447 g/mol. The van der Waals surface area contributed by atoms with E-state index in [0.29, 0.717) is 17.5 Å². The smallest absolute Gasteiger partial charge is 0.167 e. The molecule has 1 aliphatic rings. The standard InChI is InChI=1S/C31H42O2/c1-22(2)12-9-13-23(3)14-10-15-24(4)16-11-17-25(5)20-21-27-26(6)30(32)28-18-7-8-19-29(28)31(27)33/h7-8,12,14,16,18-20,26-27H,9-11,13,15,17,21H2,1-6H3/b23-14+,24-16+,25-20+. The highest BCUT2D eigenvalue weighted by Crippen LogP contribution is 2.32. The molecular weight excluding hydrogens is 404 g/mol. The molecular formula is C31H42O2. The van der Waals surface area contributed by atoms with Gasteiger partial charge in [0.25, 0.3) is 0 Å². The fourth-order valence-electron chi connectivity index (χ4n) is 4.39. The summed E-state index contributed by atoms with van der Waals surface area (Å²) in [6.07, 6.45) is 16.4. The molecule has 1 aromatic rings. The van der Waals surface area contributed by atoms with Crippen LogP contribution in [0.15, 0.2) is 70.9 Å². The highest BCUT2D eigenvalue weighted by Gasteiger charge is 2.37. The van der Waals surface area contributed by atoms with Crippen LogP contribution in [0.3, 0.4) is 0 Å². The summed E-state index contributed by atoms with van der Waals surface area (Å²) in [7, 11) is 0. The summed E-state index contributed by atoms with van der Waals surface area (Å²) in [5.74, 6) is -0.286. The van der Waals surface area contributed by atoms with E-state index in [2.05, 4.69) is 58.9 Å². The first-order valence-corrected chi connectivity index (χ1v) is 12.5. The molecule has 0 radical (unpaired) electrons. The van der Waals surface area contributed by atoms with Gasteiger partial charge in [0.2, 0.25) is 0 Å². The molecule has 2 nitrogen and oxygen atoms in total. The minimum Gasteiger partial charge on any atom is -0.294 e. The van der Waals surface area contributed by atoms with Crippen LogP contribution < -0.4 is 0 Å². The van der Waals surface area contributed by atoms with E-state index < -0.39 is 0 Å². The van der Waals surface area contributed by atoms with Gasteiger partial charge in [-0.05, 0) is 79.6 Å². The van der Waals surface area contributed by atoms with Crippen LogP contribution in [0.2, 0.25) is 0 Å². The summed E-state index contributed by atoms with van der Waals surface area (Å²) in [5.41, 5.74) is 6.79. The summed E-state index contributed by atoms with van der Waals surface area (Å²) in [6.45, 7) is 12.8. The topological polar surface area (TPSA) is 34.1 Å². The van der Waals surface area contributed by atoms with E-state index in [9.17, 15) is 9.59 Å². The van der Waals surface area contributed by atoms with Gasteiger partial charge in [-0.1, -0.05) is 77.8 Å². The van der Waals surface area contributed by atoms with Crippen molar-refractivity contribution in [1.29, 1.82) is 0 Å². The maximum absolute atomic E-state index is 12.9. The Bertz CT molecular complexity index is 951. The lowest BCUT2D eigenvalue weighted by Gasteiger charge is -2.27. The largest absolute Gasteiger partial charge is 0.294 e. The lowest BCUT2D eigenvalue weighted by Crippen LogP contribution is -2.34. The molecule has 0 heterocycles. The first-order chi connectivity index (χ1) is 15.7. The van der Waals surface area contributed by atoms with Gasteiger partial charge in [-0.25, -0.2) is 0 Å². The van der Waals surface area contributed by atoms with E-state index in [0.717, 1.165) is 38.5 Å². The van der Waals surface area contributed by atoms with Crippen LogP contribution in [0.1, 0.15) is 107 Å². The second-order valence-corrected chi connectivity index (χ2v) is 9.95. The van der Waals surface area contributed by atoms with Crippen LogP contribution >= 0.6 is 0 Å². The number of carbonyl (C=O) groups excluding carboxylic acids is 2. The molecule has 2 unspecified atom stereocenters. The summed E-state index contributed by atoms with van der Waals surface area (Å²) >= 11 is 0. The number of allylic oxidation sites excluding steroid dienone is 8. The van der Waals surface area contributed by atoms with E-state index in [-0.39, 0.29) is 23.4 Å². The Hall–Kier alpha value is -2.48. The molecule has 0 fully saturated rings. The number of benzene rings is 1. The van der Waals surface area contributed by atoms with Gasteiger partial charge in [-0.2, -0.15) is 0 Å². The molecule has 33 heavy (non-hydrogen) atoms. The van der Waals surface area contributed by atoms with Gasteiger partial charge in [-0.3, -0.25) is 9.59 Å². The molecule has 0 aromatic heterocycles.